The fourth-order valence-corrected chi connectivity index (χ4v) is 3.01. The molecule has 1 unspecified atom stereocenters. The molecule has 33 heavy (non-hydrogen) atoms. The molecule has 0 aliphatic carbocycles. The lowest BCUT2D eigenvalue weighted by molar-refractivity contribution is -0.384. The van der Waals surface area contributed by atoms with Gasteiger partial charge in [-0.25, -0.2) is 4.79 Å². The van der Waals surface area contributed by atoms with E-state index in [1.165, 1.54) is 38.3 Å². The molecule has 1 amide bonds. The molecule has 0 aliphatic heterocycles. The summed E-state index contributed by atoms with van der Waals surface area (Å²) in [4.78, 5) is 48.7. The molecule has 0 bridgehead atoms. The van der Waals surface area contributed by atoms with Crippen LogP contribution in [0.15, 0.2) is 72.8 Å². The van der Waals surface area contributed by atoms with Crippen LogP contribution in [0.3, 0.4) is 0 Å². The number of nitrogens with one attached hydrogen (secondary N) is 1. The topological polar surface area (TPSA) is 125 Å². The number of carbonyl (C=O) groups is 3. The van der Waals surface area contributed by atoms with Crippen molar-refractivity contribution in [3.63, 3.8) is 0 Å². The van der Waals surface area contributed by atoms with Crippen LogP contribution in [0.25, 0.3) is 0 Å². The van der Waals surface area contributed by atoms with Gasteiger partial charge in [0, 0.05) is 11.1 Å². The number of esters is 1. The van der Waals surface area contributed by atoms with Gasteiger partial charge in [0.1, 0.15) is 11.4 Å². The number of nitro benzene ring substituents is 1. The Morgan fingerprint density at radius 3 is 2.21 bits per heavy atom. The maximum atomic E-state index is 12.8. The van der Waals surface area contributed by atoms with Crippen molar-refractivity contribution in [2.75, 3.05) is 12.4 Å². The van der Waals surface area contributed by atoms with Crippen LogP contribution in [0.5, 0.6) is 5.75 Å². The zero-order valence-electron chi connectivity index (χ0n) is 17.8. The van der Waals surface area contributed by atoms with Crippen molar-refractivity contribution in [3.05, 3.63) is 99.6 Å². The summed E-state index contributed by atoms with van der Waals surface area (Å²) in [6.07, 6.45) is -1.29. The minimum absolute atomic E-state index is 0.00133. The smallest absolute Gasteiger partial charge is 0.339 e. The first-order valence-corrected chi connectivity index (χ1v) is 9.85. The molecule has 3 rings (SSSR count). The molecule has 1 atom stereocenters. The number of anilines is 1. The van der Waals surface area contributed by atoms with E-state index in [0.29, 0.717) is 5.56 Å². The molecule has 0 aromatic heterocycles. The summed E-state index contributed by atoms with van der Waals surface area (Å²) in [6, 6.07) is 18.5. The number of ether oxygens (including phenoxy) is 2. The second-order valence-corrected chi connectivity index (χ2v) is 6.92. The van der Waals surface area contributed by atoms with Crippen LogP contribution in [0.4, 0.5) is 11.4 Å². The van der Waals surface area contributed by atoms with E-state index in [2.05, 4.69) is 5.32 Å². The minimum atomic E-state index is -1.29. The summed E-state index contributed by atoms with van der Waals surface area (Å²) in [5.41, 5.74) is 0.0808. The second-order valence-electron chi connectivity index (χ2n) is 6.92. The van der Waals surface area contributed by atoms with Gasteiger partial charge in [-0.05, 0) is 25.1 Å². The first kappa shape index (κ1) is 23.1. The van der Waals surface area contributed by atoms with Crippen molar-refractivity contribution in [3.8, 4) is 5.75 Å². The van der Waals surface area contributed by atoms with E-state index in [-0.39, 0.29) is 34.0 Å². The number of nitro groups is 1. The van der Waals surface area contributed by atoms with Gasteiger partial charge in [0.2, 0.25) is 0 Å². The molecule has 0 heterocycles. The largest absolute Gasteiger partial charge is 0.496 e. The van der Waals surface area contributed by atoms with Gasteiger partial charge in [-0.2, -0.15) is 0 Å². The molecule has 0 aliphatic rings. The van der Waals surface area contributed by atoms with Crippen molar-refractivity contribution in [1.29, 1.82) is 0 Å². The molecular weight excluding hydrogens is 428 g/mol. The Bertz CT molecular complexity index is 1210. The van der Waals surface area contributed by atoms with E-state index in [4.69, 9.17) is 9.47 Å². The highest BCUT2D eigenvalue weighted by atomic mass is 16.6. The molecular formula is C24H20N2O7. The molecule has 3 aromatic rings. The van der Waals surface area contributed by atoms with Crippen molar-refractivity contribution in [2.24, 2.45) is 0 Å². The SMILES string of the molecule is COc1ccc(NC(=O)C(C)OC(=O)c2ccccc2C(=O)c2ccccc2)c([N+](=O)[O-])c1. The van der Waals surface area contributed by atoms with Gasteiger partial charge in [-0.3, -0.25) is 19.7 Å². The van der Waals surface area contributed by atoms with Crippen molar-refractivity contribution < 1.29 is 28.8 Å². The normalized spacial score (nSPS) is 11.2. The van der Waals surface area contributed by atoms with Crippen molar-refractivity contribution in [1.82, 2.24) is 0 Å². The number of hydrogen-bond donors (Lipinski definition) is 1. The lowest BCUT2D eigenvalue weighted by Gasteiger charge is -2.15. The van der Waals surface area contributed by atoms with Crippen LogP contribution in [0, 0.1) is 10.1 Å². The average molecular weight is 448 g/mol. The number of ketones is 1. The van der Waals surface area contributed by atoms with Crippen LogP contribution in [-0.2, 0) is 9.53 Å². The number of rotatable bonds is 8. The van der Waals surface area contributed by atoms with E-state index in [1.54, 1.807) is 42.5 Å². The summed E-state index contributed by atoms with van der Waals surface area (Å²) >= 11 is 0. The monoisotopic (exact) mass is 448 g/mol. The molecule has 0 fully saturated rings. The van der Waals surface area contributed by atoms with E-state index >= 15 is 0 Å². The molecule has 9 nitrogen and oxygen atoms in total. The van der Waals surface area contributed by atoms with Gasteiger partial charge < -0.3 is 14.8 Å². The minimum Gasteiger partial charge on any atom is -0.496 e. The van der Waals surface area contributed by atoms with Crippen LogP contribution >= 0.6 is 0 Å². The molecule has 1 N–H and O–H groups in total. The Balaban J connectivity index is 1.76. The number of amides is 1. The molecule has 0 saturated heterocycles. The quantitative estimate of drug-likeness (QED) is 0.239. The highest BCUT2D eigenvalue weighted by Crippen LogP contribution is 2.29. The summed E-state index contributed by atoms with van der Waals surface area (Å²) in [7, 11) is 1.36. The van der Waals surface area contributed by atoms with E-state index in [9.17, 15) is 24.5 Å². The molecule has 168 valence electrons. The Kier molecular flexibility index (Phi) is 7.14. The van der Waals surface area contributed by atoms with Crippen molar-refractivity contribution in [2.45, 2.75) is 13.0 Å². The van der Waals surface area contributed by atoms with Gasteiger partial charge in [-0.1, -0.05) is 48.5 Å². The van der Waals surface area contributed by atoms with E-state index in [0.717, 1.165) is 6.07 Å². The van der Waals surface area contributed by atoms with E-state index in [1.807, 2.05) is 0 Å². The predicted molar refractivity (Wildman–Crippen MR) is 119 cm³/mol. The van der Waals surface area contributed by atoms with Gasteiger partial charge in [0.25, 0.3) is 11.6 Å². The first-order valence-electron chi connectivity index (χ1n) is 9.85. The summed E-state index contributed by atoms with van der Waals surface area (Å²) < 4.78 is 10.2. The third kappa shape index (κ3) is 5.40. The number of hydrogen-bond acceptors (Lipinski definition) is 7. The average Bonchev–Trinajstić information content (AvgIpc) is 2.84. The second kappa shape index (κ2) is 10.2. The van der Waals surface area contributed by atoms with Crippen LogP contribution in [0.2, 0.25) is 0 Å². The molecule has 0 saturated carbocycles. The Labute approximate surface area is 189 Å². The fraction of sp³-hybridized carbons (Fsp3) is 0.125. The molecule has 9 heteroatoms. The highest BCUT2D eigenvalue weighted by Gasteiger charge is 2.25. The van der Waals surface area contributed by atoms with Crippen molar-refractivity contribution >= 4 is 29.0 Å². The Morgan fingerprint density at radius 2 is 1.58 bits per heavy atom. The first-order chi connectivity index (χ1) is 15.8. The summed E-state index contributed by atoms with van der Waals surface area (Å²) in [5.74, 6) is -1.77. The van der Waals surface area contributed by atoms with Gasteiger partial charge in [-0.15, -0.1) is 0 Å². The van der Waals surface area contributed by atoms with Crippen LogP contribution in [0.1, 0.15) is 33.2 Å². The zero-order valence-corrected chi connectivity index (χ0v) is 17.8. The van der Waals surface area contributed by atoms with Gasteiger partial charge in [0.05, 0.1) is 23.7 Å². The molecule has 0 radical (unpaired) electrons. The number of carbonyl (C=O) groups excluding carboxylic acids is 3. The third-order valence-corrected chi connectivity index (χ3v) is 4.74. The Hall–Kier alpha value is -4.53. The lowest BCUT2D eigenvalue weighted by Crippen LogP contribution is -2.30. The number of nitrogens with zero attached hydrogens (tertiary/aromatic N) is 1. The fourth-order valence-electron chi connectivity index (χ4n) is 3.01. The third-order valence-electron chi connectivity index (χ3n) is 4.74. The maximum absolute atomic E-state index is 12.8. The zero-order chi connectivity index (χ0) is 24.0. The van der Waals surface area contributed by atoms with Crippen LogP contribution in [-0.4, -0.2) is 35.8 Å². The standard InChI is InChI=1S/C24H20N2O7/c1-15(23(28)25-20-13-12-17(32-2)14-21(20)26(30)31)33-24(29)19-11-7-6-10-18(19)22(27)16-8-4-3-5-9-16/h3-15H,1-2H3,(H,25,28). The van der Waals surface area contributed by atoms with Crippen LogP contribution < -0.4 is 10.1 Å². The predicted octanol–water partition coefficient (Wildman–Crippen LogP) is 4.02. The number of benzene rings is 3. The maximum Gasteiger partial charge on any atom is 0.339 e. The van der Waals surface area contributed by atoms with Gasteiger partial charge in [0.15, 0.2) is 11.9 Å². The molecule has 3 aromatic carbocycles. The van der Waals surface area contributed by atoms with E-state index < -0.39 is 22.9 Å². The highest BCUT2D eigenvalue weighted by molar-refractivity contribution is 6.14. The summed E-state index contributed by atoms with van der Waals surface area (Å²) in [5, 5.41) is 13.7. The Morgan fingerprint density at radius 1 is 0.939 bits per heavy atom. The summed E-state index contributed by atoms with van der Waals surface area (Å²) in [6.45, 7) is 1.32. The lowest BCUT2D eigenvalue weighted by atomic mass is 9.98. The number of methoxy groups -OCH3 is 1. The van der Waals surface area contributed by atoms with Gasteiger partial charge >= 0.3 is 5.97 Å². The molecule has 0 spiro atoms.